The molecule has 2 rings (SSSR count). The second-order valence-electron chi connectivity index (χ2n) is 4.33. The highest BCUT2D eigenvalue weighted by Crippen LogP contribution is 2.11. The summed E-state index contributed by atoms with van der Waals surface area (Å²) in [4.78, 5) is 14.9. The third kappa shape index (κ3) is 2.73. The van der Waals surface area contributed by atoms with Crippen LogP contribution in [0, 0.1) is 12.8 Å². The van der Waals surface area contributed by atoms with E-state index in [4.69, 9.17) is 5.11 Å². The highest BCUT2D eigenvalue weighted by molar-refractivity contribution is 5.67. The topological polar surface area (TPSA) is 92.4 Å². The lowest BCUT2D eigenvalue weighted by Gasteiger charge is -2.11. The largest absolute Gasteiger partial charge is 0.481 e. The van der Waals surface area contributed by atoms with E-state index >= 15 is 0 Å². The van der Waals surface area contributed by atoms with Crippen LogP contribution in [-0.4, -0.2) is 37.2 Å². The van der Waals surface area contributed by atoms with Crippen LogP contribution in [0.2, 0.25) is 0 Å². The fourth-order valence-corrected chi connectivity index (χ4v) is 1.71. The molecule has 0 saturated heterocycles. The first kappa shape index (κ1) is 12.3. The van der Waals surface area contributed by atoms with Gasteiger partial charge in [-0.1, -0.05) is 6.92 Å². The van der Waals surface area contributed by atoms with E-state index in [0.29, 0.717) is 12.4 Å². The molecule has 96 valence electrons. The molecule has 1 atom stereocenters. The number of nitrogens with zero attached hydrogens (tertiary/aromatic N) is 4. The van der Waals surface area contributed by atoms with Gasteiger partial charge in [0.15, 0.2) is 5.65 Å². The Labute approximate surface area is 104 Å². The van der Waals surface area contributed by atoms with Crippen molar-refractivity contribution >= 4 is 17.4 Å². The van der Waals surface area contributed by atoms with E-state index in [1.54, 1.807) is 16.8 Å². The van der Waals surface area contributed by atoms with E-state index in [2.05, 4.69) is 20.5 Å². The monoisotopic (exact) mass is 249 g/mol. The fraction of sp³-hybridized carbons (Fsp3) is 0.455. The van der Waals surface area contributed by atoms with Gasteiger partial charge in [-0.3, -0.25) is 9.20 Å². The molecule has 0 aliphatic heterocycles. The van der Waals surface area contributed by atoms with Crippen molar-refractivity contribution in [1.82, 2.24) is 19.6 Å². The van der Waals surface area contributed by atoms with E-state index in [1.165, 1.54) is 0 Å². The highest BCUT2D eigenvalue weighted by atomic mass is 16.4. The lowest BCUT2D eigenvalue weighted by Crippen LogP contribution is -2.16. The van der Waals surface area contributed by atoms with Gasteiger partial charge in [0.25, 0.3) is 0 Å². The van der Waals surface area contributed by atoms with E-state index in [-0.39, 0.29) is 12.3 Å². The maximum absolute atomic E-state index is 10.6. The summed E-state index contributed by atoms with van der Waals surface area (Å²) in [7, 11) is 0. The molecular formula is C11H15N5O2. The van der Waals surface area contributed by atoms with Gasteiger partial charge in [-0.15, -0.1) is 10.2 Å². The number of aromatic nitrogens is 4. The number of carbonyl (C=O) groups is 1. The molecule has 0 amide bonds. The van der Waals surface area contributed by atoms with Gasteiger partial charge in [0.1, 0.15) is 18.0 Å². The van der Waals surface area contributed by atoms with Crippen molar-refractivity contribution in [2.24, 2.45) is 5.92 Å². The SMILES string of the molecule is Cc1nc(NCC(C)CC(=O)O)cc2nncn12. The highest BCUT2D eigenvalue weighted by Gasteiger charge is 2.09. The summed E-state index contributed by atoms with van der Waals surface area (Å²) in [5.74, 6) is 0.719. The fourth-order valence-electron chi connectivity index (χ4n) is 1.71. The number of aryl methyl sites for hydroxylation is 1. The van der Waals surface area contributed by atoms with Crippen LogP contribution in [0.25, 0.3) is 5.65 Å². The molecule has 0 saturated carbocycles. The van der Waals surface area contributed by atoms with Gasteiger partial charge in [0.05, 0.1) is 0 Å². The molecule has 7 heteroatoms. The minimum Gasteiger partial charge on any atom is -0.481 e. The Kier molecular flexibility index (Phi) is 3.40. The summed E-state index contributed by atoms with van der Waals surface area (Å²) < 4.78 is 1.78. The standard InChI is InChI=1S/C11H15N5O2/c1-7(3-11(17)18)5-12-9-4-10-15-13-6-16(10)8(2)14-9/h4,6-7,12H,3,5H2,1-2H3,(H,17,18). The molecule has 7 nitrogen and oxygen atoms in total. The lowest BCUT2D eigenvalue weighted by molar-refractivity contribution is -0.137. The average molecular weight is 249 g/mol. The maximum atomic E-state index is 10.6. The number of fused-ring (bicyclic) bond motifs is 1. The van der Waals surface area contributed by atoms with E-state index < -0.39 is 5.97 Å². The van der Waals surface area contributed by atoms with E-state index in [0.717, 1.165) is 11.5 Å². The second-order valence-corrected chi connectivity index (χ2v) is 4.33. The van der Waals surface area contributed by atoms with Gasteiger partial charge < -0.3 is 10.4 Å². The smallest absolute Gasteiger partial charge is 0.303 e. The summed E-state index contributed by atoms with van der Waals surface area (Å²) in [6.07, 6.45) is 1.74. The number of anilines is 1. The van der Waals surface area contributed by atoms with Crippen LogP contribution in [0.1, 0.15) is 19.2 Å². The summed E-state index contributed by atoms with van der Waals surface area (Å²) in [6.45, 7) is 4.30. The third-order valence-electron chi connectivity index (χ3n) is 2.63. The molecule has 0 fully saturated rings. The molecule has 1 unspecified atom stereocenters. The van der Waals surface area contributed by atoms with Crippen LogP contribution in [-0.2, 0) is 4.79 Å². The molecule has 2 heterocycles. The molecule has 2 aromatic heterocycles. The molecule has 0 aromatic carbocycles. The molecule has 0 radical (unpaired) electrons. The zero-order valence-electron chi connectivity index (χ0n) is 10.3. The zero-order valence-corrected chi connectivity index (χ0v) is 10.3. The first-order valence-electron chi connectivity index (χ1n) is 5.69. The molecule has 0 aliphatic carbocycles. The molecule has 18 heavy (non-hydrogen) atoms. The van der Waals surface area contributed by atoms with Crippen molar-refractivity contribution < 1.29 is 9.90 Å². The maximum Gasteiger partial charge on any atom is 0.303 e. The summed E-state index contributed by atoms with van der Waals surface area (Å²) in [6, 6.07) is 1.79. The van der Waals surface area contributed by atoms with Crippen molar-refractivity contribution in [3.63, 3.8) is 0 Å². The van der Waals surface area contributed by atoms with Crippen molar-refractivity contribution in [2.75, 3.05) is 11.9 Å². The Morgan fingerprint density at radius 1 is 1.61 bits per heavy atom. The predicted octanol–water partition coefficient (Wildman–Crippen LogP) is 0.955. The normalized spacial score (nSPS) is 12.6. The van der Waals surface area contributed by atoms with Crippen LogP contribution >= 0.6 is 0 Å². The molecule has 0 spiro atoms. The Hall–Kier alpha value is -2.18. The van der Waals surface area contributed by atoms with Crippen LogP contribution in [0.15, 0.2) is 12.4 Å². The predicted molar refractivity (Wildman–Crippen MR) is 65.4 cm³/mol. The van der Waals surface area contributed by atoms with Gasteiger partial charge in [-0.2, -0.15) is 0 Å². The number of hydrogen-bond acceptors (Lipinski definition) is 5. The molecule has 2 N–H and O–H groups in total. The quantitative estimate of drug-likeness (QED) is 0.819. The minimum atomic E-state index is -0.790. The Balaban J connectivity index is 2.05. The molecule has 2 aromatic rings. The van der Waals surface area contributed by atoms with Crippen molar-refractivity contribution in [3.8, 4) is 0 Å². The number of rotatable bonds is 5. The van der Waals surface area contributed by atoms with Crippen LogP contribution in [0.3, 0.4) is 0 Å². The van der Waals surface area contributed by atoms with Crippen molar-refractivity contribution in [1.29, 1.82) is 0 Å². The van der Waals surface area contributed by atoms with Gasteiger partial charge in [-0.25, -0.2) is 4.98 Å². The van der Waals surface area contributed by atoms with Crippen LogP contribution in [0.4, 0.5) is 5.82 Å². The summed E-state index contributed by atoms with van der Waals surface area (Å²) in [5, 5.41) is 19.6. The summed E-state index contributed by atoms with van der Waals surface area (Å²) in [5.41, 5.74) is 0.718. The van der Waals surface area contributed by atoms with Gasteiger partial charge >= 0.3 is 5.97 Å². The van der Waals surface area contributed by atoms with E-state index in [9.17, 15) is 4.79 Å². The molecule has 0 bridgehead atoms. The minimum absolute atomic E-state index is 0.0405. The number of nitrogens with one attached hydrogen (secondary N) is 1. The zero-order chi connectivity index (χ0) is 13.1. The Morgan fingerprint density at radius 2 is 2.39 bits per heavy atom. The first-order chi connectivity index (χ1) is 8.56. The average Bonchev–Trinajstić information content (AvgIpc) is 2.74. The lowest BCUT2D eigenvalue weighted by atomic mass is 10.1. The van der Waals surface area contributed by atoms with Crippen LogP contribution in [0.5, 0.6) is 0 Å². The second kappa shape index (κ2) is 4.99. The van der Waals surface area contributed by atoms with E-state index in [1.807, 2.05) is 13.8 Å². The van der Waals surface area contributed by atoms with Gasteiger partial charge in [0, 0.05) is 19.0 Å². The van der Waals surface area contributed by atoms with Gasteiger partial charge in [0.2, 0.25) is 0 Å². The van der Waals surface area contributed by atoms with Crippen molar-refractivity contribution in [3.05, 3.63) is 18.2 Å². The number of aliphatic carboxylic acids is 1. The number of carboxylic acids is 1. The first-order valence-corrected chi connectivity index (χ1v) is 5.69. The van der Waals surface area contributed by atoms with Crippen molar-refractivity contribution in [2.45, 2.75) is 20.3 Å². The van der Waals surface area contributed by atoms with Gasteiger partial charge in [-0.05, 0) is 12.8 Å². The molecule has 0 aliphatic rings. The summed E-state index contributed by atoms with van der Waals surface area (Å²) >= 11 is 0. The molecular weight excluding hydrogens is 234 g/mol. The number of carboxylic acid groups (broad SMARTS) is 1. The Morgan fingerprint density at radius 3 is 3.11 bits per heavy atom. The third-order valence-corrected chi connectivity index (χ3v) is 2.63. The number of hydrogen-bond donors (Lipinski definition) is 2. The van der Waals surface area contributed by atoms with Crippen LogP contribution < -0.4 is 5.32 Å². The Bertz CT molecular complexity index is 566.